The van der Waals surface area contributed by atoms with Crippen molar-refractivity contribution in [2.24, 2.45) is 4.99 Å². The summed E-state index contributed by atoms with van der Waals surface area (Å²) in [6, 6.07) is 12.9. The Morgan fingerprint density at radius 2 is 1.88 bits per heavy atom. The molecule has 1 aliphatic heterocycles. The van der Waals surface area contributed by atoms with Crippen molar-refractivity contribution >= 4 is 28.2 Å². The molecule has 0 fully saturated rings. The number of rotatable bonds is 1. The maximum absolute atomic E-state index is 13.9. The summed E-state index contributed by atoms with van der Waals surface area (Å²) < 4.78 is 13.9. The minimum Gasteiger partial charge on any atom is -0.280 e. The molecule has 0 aliphatic carbocycles. The van der Waals surface area contributed by atoms with Gasteiger partial charge in [-0.25, -0.2) is 4.39 Å². The molecular formula is C20H16ClFN2. The Bertz CT molecular complexity index is 981. The first-order chi connectivity index (χ1) is 11.6. The third-order valence-corrected chi connectivity index (χ3v) is 5.08. The second-order valence-corrected chi connectivity index (χ2v) is 6.65. The fourth-order valence-electron chi connectivity index (χ4n) is 3.32. The van der Waals surface area contributed by atoms with Crippen LogP contribution in [0, 0.1) is 5.82 Å². The van der Waals surface area contributed by atoms with Crippen molar-refractivity contribution in [3.63, 3.8) is 0 Å². The fourth-order valence-corrected chi connectivity index (χ4v) is 3.66. The molecule has 2 aromatic carbocycles. The number of aliphatic imine (C=N–C) groups is 1. The van der Waals surface area contributed by atoms with Gasteiger partial charge in [-0.1, -0.05) is 42.8 Å². The summed E-state index contributed by atoms with van der Waals surface area (Å²) in [5.74, 6) is -0.0571. The van der Waals surface area contributed by atoms with Crippen molar-refractivity contribution in [3.8, 4) is 0 Å². The SMILES string of the molecule is C[C@@H]1N=C(c2cnc3c(F)cccc3c2)c2cccc(Cl)c2[C@H]1C. The first kappa shape index (κ1) is 15.3. The maximum Gasteiger partial charge on any atom is 0.149 e. The lowest BCUT2D eigenvalue weighted by Gasteiger charge is -2.28. The lowest BCUT2D eigenvalue weighted by molar-refractivity contribution is 0.605. The summed E-state index contributed by atoms with van der Waals surface area (Å²) in [7, 11) is 0. The second-order valence-electron chi connectivity index (χ2n) is 6.24. The van der Waals surface area contributed by atoms with Gasteiger partial charge in [0.2, 0.25) is 0 Å². The van der Waals surface area contributed by atoms with Crippen LogP contribution in [0.25, 0.3) is 10.9 Å². The van der Waals surface area contributed by atoms with Crippen LogP contribution < -0.4 is 0 Å². The van der Waals surface area contributed by atoms with E-state index in [0.29, 0.717) is 5.52 Å². The Balaban J connectivity index is 1.94. The molecule has 1 aliphatic rings. The molecule has 0 N–H and O–H groups in total. The second kappa shape index (κ2) is 5.67. The number of para-hydroxylation sites is 1. The van der Waals surface area contributed by atoms with Crippen LogP contribution in [0.5, 0.6) is 0 Å². The molecule has 120 valence electrons. The number of nitrogens with zero attached hydrogens (tertiary/aromatic N) is 2. The predicted molar refractivity (Wildman–Crippen MR) is 96.7 cm³/mol. The van der Waals surface area contributed by atoms with E-state index in [1.54, 1.807) is 12.3 Å². The van der Waals surface area contributed by atoms with E-state index < -0.39 is 0 Å². The highest BCUT2D eigenvalue weighted by atomic mass is 35.5. The van der Waals surface area contributed by atoms with Crippen molar-refractivity contribution in [1.82, 2.24) is 4.98 Å². The number of benzene rings is 2. The molecule has 0 unspecified atom stereocenters. The van der Waals surface area contributed by atoms with Gasteiger partial charge >= 0.3 is 0 Å². The van der Waals surface area contributed by atoms with Gasteiger partial charge in [-0.05, 0) is 30.7 Å². The van der Waals surface area contributed by atoms with Crippen LogP contribution in [0.2, 0.25) is 5.02 Å². The van der Waals surface area contributed by atoms with E-state index in [9.17, 15) is 4.39 Å². The van der Waals surface area contributed by atoms with Gasteiger partial charge in [0.1, 0.15) is 11.3 Å². The van der Waals surface area contributed by atoms with Crippen LogP contribution >= 0.6 is 11.6 Å². The highest BCUT2D eigenvalue weighted by Crippen LogP contribution is 2.36. The molecule has 0 bridgehead atoms. The van der Waals surface area contributed by atoms with Gasteiger partial charge in [0.15, 0.2) is 0 Å². The molecule has 2 atom stereocenters. The van der Waals surface area contributed by atoms with Crippen molar-refractivity contribution in [2.45, 2.75) is 25.8 Å². The standard InChI is InChI=1S/C20H16ClFN2/c1-11-12(2)24-19(15-6-4-7-16(21)18(11)15)14-9-13-5-3-8-17(22)20(13)23-10-14/h3-12H,1-2H3/t11-,12-/m0/s1. The van der Waals surface area contributed by atoms with Crippen LogP contribution in [0.3, 0.4) is 0 Å². The Kier molecular flexibility index (Phi) is 3.61. The Labute approximate surface area is 145 Å². The van der Waals surface area contributed by atoms with Gasteiger partial charge in [-0.3, -0.25) is 9.98 Å². The minimum absolute atomic E-state index is 0.121. The molecule has 0 spiro atoms. The molecule has 0 radical (unpaired) electrons. The average Bonchev–Trinajstić information content (AvgIpc) is 2.58. The van der Waals surface area contributed by atoms with Gasteiger partial charge in [-0.15, -0.1) is 0 Å². The lowest BCUT2D eigenvalue weighted by atomic mass is 9.84. The van der Waals surface area contributed by atoms with Crippen LogP contribution in [0.15, 0.2) is 53.7 Å². The molecule has 0 saturated heterocycles. The molecule has 3 aromatic rings. The van der Waals surface area contributed by atoms with Crippen molar-refractivity contribution in [3.05, 3.63) is 76.2 Å². The average molecular weight is 339 g/mol. The quantitative estimate of drug-likeness (QED) is 0.585. The summed E-state index contributed by atoms with van der Waals surface area (Å²) in [4.78, 5) is 9.18. The molecule has 24 heavy (non-hydrogen) atoms. The van der Waals surface area contributed by atoms with E-state index >= 15 is 0 Å². The van der Waals surface area contributed by atoms with Crippen LogP contribution in [0.1, 0.15) is 36.5 Å². The van der Waals surface area contributed by atoms with E-state index in [-0.39, 0.29) is 17.8 Å². The lowest BCUT2D eigenvalue weighted by Crippen LogP contribution is -2.23. The molecule has 4 rings (SSSR count). The van der Waals surface area contributed by atoms with Gasteiger partial charge in [0.05, 0.1) is 11.8 Å². The molecule has 1 aromatic heterocycles. The first-order valence-electron chi connectivity index (χ1n) is 7.97. The fraction of sp³-hybridized carbons (Fsp3) is 0.200. The Morgan fingerprint density at radius 1 is 1.08 bits per heavy atom. The minimum atomic E-state index is -0.310. The zero-order valence-corrected chi connectivity index (χ0v) is 14.2. The van der Waals surface area contributed by atoms with Gasteiger partial charge in [0.25, 0.3) is 0 Å². The zero-order valence-electron chi connectivity index (χ0n) is 13.4. The van der Waals surface area contributed by atoms with Gasteiger partial charge < -0.3 is 0 Å². The Hall–Kier alpha value is -2.26. The van der Waals surface area contributed by atoms with E-state index in [1.165, 1.54) is 6.07 Å². The summed E-state index contributed by atoms with van der Waals surface area (Å²) in [5, 5.41) is 1.53. The van der Waals surface area contributed by atoms with Crippen LogP contribution in [-0.4, -0.2) is 16.7 Å². The molecule has 0 saturated carbocycles. The van der Waals surface area contributed by atoms with Crippen LogP contribution in [-0.2, 0) is 0 Å². The zero-order chi connectivity index (χ0) is 16.8. The number of halogens is 2. The van der Waals surface area contributed by atoms with Gasteiger partial charge in [-0.2, -0.15) is 0 Å². The van der Waals surface area contributed by atoms with E-state index in [4.69, 9.17) is 16.6 Å². The third kappa shape index (κ3) is 2.31. The largest absolute Gasteiger partial charge is 0.280 e. The van der Waals surface area contributed by atoms with E-state index in [0.717, 1.165) is 32.8 Å². The first-order valence-corrected chi connectivity index (χ1v) is 8.35. The van der Waals surface area contributed by atoms with Crippen molar-refractivity contribution < 1.29 is 4.39 Å². The Morgan fingerprint density at radius 3 is 2.71 bits per heavy atom. The topological polar surface area (TPSA) is 25.2 Å². The predicted octanol–water partition coefficient (Wildman–Crippen LogP) is 5.37. The van der Waals surface area contributed by atoms with Gasteiger partial charge in [0, 0.05) is 33.7 Å². The monoisotopic (exact) mass is 338 g/mol. The third-order valence-electron chi connectivity index (χ3n) is 4.75. The number of hydrogen-bond acceptors (Lipinski definition) is 2. The normalized spacial score (nSPS) is 19.9. The summed E-state index contributed by atoms with van der Waals surface area (Å²) in [6.45, 7) is 4.23. The van der Waals surface area contributed by atoms with E-state index in [2.05, 4.69) is 18.8 Å². The number of fused-ring (bicyclic) bond motifs is 2. The highest BCUT2D eigenvalue weighted by Gasteiger charge is 2.28. The van der Waals surface area contributed by atoms with E-state index in [1.807, 2.05) is 30.3 Å². The molecule has 4 heteroatoms. The summed E-state index contributed by atoms with van der Waals surface area (Å²) >= 11 is 6.45. The summed E-state index contributed by atoms with van der Waals surface area (Å²) in [6.07, 6.45) is 1.69. The van der Waals surface area contributed by atoms with Crippen molar-refractivity contribution in [1.29, 1.82) is 0 Å². The highest BCUT2D eigenvalue weighted by molar-refractivity contribution is 6.32. The number of pyridine rings is 1. The van der Waals surface area contributed by atoms with Crippen LogP contribution in [0.4, 0.5) is 4.39 Å². The number of aromatic nitrogens is 1. The molecule has 2 nitrogen and oxygen atoms in total. The maximum atomic E-state index is 13.9. The molecule has 2 heterocycles. The number of hydrogen-bond donors (Lipinski definition) is 0. The molecular weight excluding hydrogens is 323 g/mol. The molecule has 0 amide bonds. The summed E-state index contributed by atoms with van der Waals surface area (Å²) in [5.41, 5.74) is 4.29. The smallest absolute Gasteiger partial charge is 0.149 e. The van der Waals surface area contributed by atoms with Crippen molar-refractivity contribution in [2.75, 3.05) is 0 Å².